The van der Waals surface area contributed by atoms with E-state index >= 15 is 0 Å². The Morgan fingerprint density at radius 1 is 1.25 bits per heavy atom. The minimum Gasteiger partial charge on any atom is -0.385 e. The molecule has 0 amide bonds. The number of methoxy groups -OCH3 is 1. The van der Waals surface area contributed by atoms with Gasteiger partial charge in [-0.3, -0.25) is 4.98 Å². The number of anilines is 1. The molecule has 0 fully saturated rings. The van der Waals surface area contributed by atoms with Gasteiger partial charge in [-0.25, -0.2) is 9.97 Å². The number of aryl methyl sites for hydroxylation is 1. The van der Waals surface area contributed by atoms with Crippen LogP contribution in [0.2, 0.25) is 0 Å². The lowest BCUT2D eigenvalue weighted by atomic mass is 10.1. The molecule has 3 aromatic heterocycles. The molecule has 0 atom stereocenters. The Morgan fingerprint density at radius 2 is 2.08 bits per heavy atom. The summed E-state index contributed by atoms with van der Waals surface area (Å²) in [5.74, 6) is 1.21. The normalized spacial score (nSPS) is 10.8. The van der Waals surface area contributed by atoms with Crippen LogP contribution in [0.5, 0.6) is 0 Å². The molecule has 3 heterocycles. The Balaban J connectivity index is 1.94. The summed E-state index contributed by atoms with van der Waals surface area (Å²) in [6.45, 7) is 3.32. The number of hydrogen-bond acceptors (Lipinski definition) is 7. The van der Waals surface area contributed by atoms with E-state index in [4.69, 9.17) is 9.26 Å². The van der Waals surface area contributed by atoms with E-state index in [1.807, 2.05) is 25.1 Å². The zero-order valence-electron chi connectivity index (χ0n) is 13.7. The molecule has 24 heavy (non-hydrogen) atoms. The van der Waals surface area contributed by atoms with Crippen molar-refractivity contribution in [3.63, 3.8) is 0 Å². The molecule has 7 nitrogen and oxygen atoms in total. The molecule has 1 N–H and O–H groups in total. The summed E-state index contributed by atoms with van der Waals surface area (Å²) in [5.41, 5.74) is 3.32. The van der Waals surface area contributed by atoms with Crippen LogP contribution < -0.4 is 5.32 Å². The van der Waals surface area contributed by atoms with Gasteiger partial charge in [-0.15, -0.1) is 0 Å². The SMILES string of the molecule is COCCCNc1ncc(-c2cc(C)no2)c(-c2ccncc2)n1. The lowest BCUT2D eigenvalue weighted by Crippen LogP contribution is -2.08. The maximum Gasteiger partial charge on any atom is 0.223 e. The highest BCUT2D eigenvalue weighted by Gasteiger charge is 2.15. The van der Waals surface area contributed by atoms with Crippen molar-refractivity contribution < 1.29 is 9.26 Å². The van der Waals surface area contributed by atoms with Gasteiger partial charge >= 0.3 is 0 Å². The van der Waals surface area contributed by atoms with Gasteiger partial charge in [0.05, 0.1) is 17.0 Å². The van der Waals surface area contributed by atoms with Crippen LogP contribution in [0, 0.1) is 6.92 Å². The quantitative estimate of drug-likeness (QED) is 0.668. The van der Waals surface area contributed by atoms with E-state index in [2.05, 4.69) is 25.4 Å². The minimum absolute atomic E-state index is 0.568. The molecule has 0 aromatic carbocycles. The Morgan fingerprint density at radius 3 is 2.79 bits per heavy atom. The number of ether oxygens (including phenoxy) is 1. The van der Waals surface area contributed by atoms with Crippen molar-refractivity contribution in [2.45, 2.75) is 13.3 Å². The summed E-state index contributed by atoms with van der Waals surface area (Å²) in [5, 5.41) is 7.16. The summed E-state index contributed by atoms with van der Waals surface area (Å²) >= 11 is 0. The highest BCUT2D eigenvalue weighted by Crippen LogP contribution is 2.30. The summed E-state index contributed by atoms with van der Waals surface area (Å²) < 4.78 is 10.4. The fourth-order valence-electron chi connectivity index (χ4n) is 2.28. The lowest BCUT2D eigenvalue weighted by molar-refractivity contribution is 0.197. The van der Waals surface area contributed by atoms with Crippen LogP contribution in [0.3, 0.4) is 0 Å². The van der Waals surface area contributed by atoms with Gasteiger partial charge in [0.15, 0.2) is 5.76 Å². The largest absolute Gasteiger partial charge is 0.385 e. The first-order valence-electron chi connectivity index (χ1n) is 7.72. The van der Waals surface area contributed by atoms with Crippen LogP contribution >= 0.6 is 0 Å². The molecule has 0 unspecified atom stereocenters. The first kappa shape index (κ1) is 16.1. The molecule has 0 aliphatic rings. The monoisotopic (exact) mass is 325 g/mol. The zero-order valence-corrected chi connectivity index (χ0v) is 13.7. The van der Waals surface area contributed by atoms with Gasteiger partial charge in [0.1, 0.15) is 0 Å². The van der Waals surface area contributed by atoms with Crippen LogP contribution in [0.1, 0.15) is 12.1 Å². The number of hydrogen-bond donors (Lipinski definition) is 1. The third kappa shape index (κ3) is 3.75. The number of nitrogens with zero attached hydrogens (tertiary/aromatic N) is 4. The van der Waals surface area contributed by atoms with E-state index in [1.165, 1.54) is 0 Å². The van der Waals surface area contributed by atoms with Crippen molar-refractivity contribution in [2.75, 3.05) is 25.6 Å². The highest BCUT2D eigenvalue weighted by atomic mass is 16.5. The summed E-state index contributed by atoms with van der Waals surface area (Å²) in [4.78, 5) is 13.1. The van der Waals surface area contributed by atoms with Gasteiger partial charge in [-0.1, -0.05) is 5.16 Å². The smallest absolute Gasteiger partial charge is 0.223 e. The predicted octanol–water partition coefficient (Wildman–Crippen LogP) is 2.95. The average molecular weight is 325 g/mol. The van der Waals surface area contributed by atoms with Gasteiger partial charge in [-0.05, 0) is 25.5 Å². The van der Waals surface area contributed by atoms with Gasteiger partial charge in [0, 0.05) is 50.5 Å². The molecular weight excluding hydrogens is 306 g/mol. The van der Waals surface area contributed by atoms with E-state index in [1.54, 1.807) is 25.7 Å². The minimum atomic E-state index is 0.568. The van der Waals surface area contributed by atoms with Gasteiger partial charge < -0.3 is 14.6 Å². The highest BCUT2D eigenvalue weighted by molar-refractivity contribution is 5.78. The van der Waals surface area contributed by atoms with E-state index < -0.39 is 0 Å². The Kier molecular flexibility index (Phi) is 5.12. The van der Waals surface area contributed by atoms with Gasteiger partial charge in [-0.2, -0.15) is 0 Å². The molecular formula is C17H19N5O2. The number of nitrogens with one attached hydrogen (secondary N) is 1. The molecule has 0 bridgehead atoms. The maximum atomic E-state index is 5.38. The molecule has 124 valence electrons. The summed E-state index contributed by atoms with van der Waals surface area (Å²) in [6, 6.07) is 5.68. The summed E-state index contributed by atoms with van der Waals surface area (Å²) in [6.07, 6.45) is 6.10. The molecule has 0 aliphatic heterocycles. The van der Waals surface area contributed by atoms with Gasteiger partial charge in [0.25, 0.3) is 0 Å². The molecule has 0 saturated heterocycles. The second-order valence-corrected chi connectivity index (χ2v) is 5.30. The van der Waals surface area contributed by atoms with Crippen molar-refractivity contribution in [2.24, 2.45) is 0 Å². The van der Waals surface area contributed by atoms with Crippen molar-refractivity contribution >= 4 is 5.95 Å². The summed E-state index contributed by atoms with van der Waals surface area (Å²) in [7, 11) is 1.69. The number of pyridine rings is 1. The van der Waals surface area contributed by atoms with E-state index in [-0.39, 0.29) is 0 Å². The Bertz CT molecular complexity index is 789. The van der Waals surface area contributed by atoms with Crippen molar-refractivity contribution in [3.05, 3.63) is 42.5 Å². The second-order valence-electron chi connectivity index (χ2n) is 5.30. The first-order chi connectivity index (χ1) is 11.8. The molecule has 0 radical (unpaired) electrons. The molecule has 0 aliphatic carbocycles. The van der Waals surface area contributed by atoms with Crippen LogP contribution in [-0.2, 0) is 4.74 Å². The first-order valence-corrected chi connectivity index (χ1v) is 7.72. The molecule has 3 aromatic rings. The topological polar surface area (TPSA) is 86.0 Å². The lowest BCUT2D eigenvalue weighted by Gasteiger charge is -2.09. The van der Waals surface area contributed by atoms with Crippen LogP contribution in [0.25, 0.3) is 22.6 Å². The van der Waals surface area contributed by atoms with Crippen molar-refractivity contribution in [1.82, 2.24) is 20.1 Å². The number of rotatable bonds is 7. The Hall–Kier alpha value is -2.80. The second kappa shape index (κ2) is 7.65. The van der Waals surface area contributed by atoms with Gasteiger partial charge in [0.2, 0.25) is 5.95 Å². The fourth-order valence-corrected chi connectivity index (χ4v) is 2.28. The third-order valence-electron chi connectivity index (χ3n) is 3.44. The Labute approximate surface area is 140 Å². The van der Waals surface area contributed by atoms with Crippen molar-refractivity contribution in [3.8, 4) is 22.6 Å². The molecule has 0 spiro atoms. The number of aromatic nitrogens is 4. The van der Waals surface area contributed by atoms with E-state index in [0.717, 1.165) is 35.5 Å². The maximum absolute atomic E-state index is 5.38. The average Bonchev–Trinajstić information content (AvgIpc) is 3.05. The molecule has 0 saturated carbocycles. The van der Waals surface area contributed by atoms with E-state index in [9.17, 15) is 0 Å². The third-order valence-corrected chi connectivity index (χ3v) is 3.44. The van der Waals surface area contributed by atoms with Crippen molar-refractivity contribution in [1.29, 1.82) is 0 Å². The molecule has 7 heteroatoms. The predicted molar refractivity (Wildman–Crippen MR) is 90.5 cm³/mol. The van der Waals surface area contributed by atoms with Crippen LogP contribution in [-0.4, -0.2) is 40.4 Å². The van der Waals surface area contributed by atoms with Crippen LogP contribution in [0.4, 0.5) is 5.95 Å². The molecule has 3 rings (SSSR count). The fraction of sp³-hybridized carbons (Fsp3) is 0.294. The zero-order chi connectivity index (χ0) is 16.8. The van der Waals surface area contributed by atoms with E-state index in [0.29, 0.717) is 18.3 Å². The van der Waals surface area contributed by atoms with Crippen LogP contribution in [0.15, 0.2) is 41.3 Å². The standard InChI is InChI=1S/C17H19N5O2/c1-12-10-15(24-22-12)14-11-20-17(19-6-3-9-23-2)21-16(14)13-4-7-18-8-5-13/h4-5,7-8,10-11H,3,6,9H2,1-2H3,(H,19,20,21).